The van der Waals surface area contributed by atoms with Crippen molar-refractivity contribution in [2.75, 3.05) is 13.1 Å². The van der Waals surface area contributed by atoms with Gasteiger partial charge in [-0.25, -0.2) is 4.98 Å². The van der Waals surface area contributed by atoms with Gasteiger partial charge in [-0.3, -0.25) is 9.59 Å². The van der Waals surface area contributed by atoms with E-state index in [2.05, 4.69) is 10.3 Å². The van der Waals surface area contributed by atoms with Crippen molar-refractivity contribution < 1.29 is 9.59 Å². The molecule has 0 unspecified atom stereocenters. The second-order valence-electron chi connectivity index (χ2n) is 5.34. The summed E-state index contributed by atoms with van der Waals surface area (Å²) in [7, 11) is 0. The maximum atomic E-state index is 12.3. The molecule has 1 fully saturated rings. The molecule has 1 aliphatic carbocycles. The number of carbonyl (C=O) groups is 2. The van der Waals surface area contributed by atoms with Gasteiger partial charge in [-0.2, -0.15) is 0 Å². The Bertz CT molecular complexity index is 506. The van der Waals surface area contributed by atoms with E-state index < -0.39 is 0 Å². The Morgan fingerprint density at radius 1 is 1.19 bits per heavy atom. The van der Waals surface area contributed by atoms with Crippen molar-refractivity contribution in [2.24, 2.45) is 0 Å². The number of hydrogen-bond acceptors (Lipinski definition) is 3. The van der Waals surface area contributed by atoms with Crippen LogP contribution in [-0.2, 0) is 0 Å². The molecule has 0 radical (unpaired) electrons. The normalized spacial score (nSPS) is 15.0. The summed E-state index contributed by atoms with van der Waals surface area (Å²) in [6.45, 7) is 5.13. The van der Waals surface area contributed by atoms with Crippen molar-refractivity contribution in [3.63, 3.8) is 0 Å². The number of rotatable bonds is 5. The molecule has 0 aromatic carbocycles. The third-order valence-corrected chi connectivity index (χ3v) is 3.94. The molecule has 0 spiro atoms. The van der Waals surface area contributed by atoms with Gasteiger partial charge in [0.2, 0.25) is 0 Å². The molecular formula is C16H23N3O2. The maximum Gasteiger partial charge on any atom is 0.272 e. The molecule has 0 atom stereocenters. The van der Waals surface area contributed by atoms with Crippen molar-refractivity contribution in [3.05, 3.63) is 29.6 Å². The van der Waals surface area contributed by atoms with Gasteiger partial charge in [0.15, 0.2) is 0 Å². The van der Waals surface area contributed by atoms with Crippen LogP contribution in [0.2, 0.25) is 0 Å². The summed E-state index contributed by atoms with van der Waals surface area (Å²) in [5, 5.41) is 2.99. The van der Waals surface area contributed by atoms with Crippen LogP contribution in [0, 0.1) is 0 Å². The molecule has 5 heteroatoms. The van der Waals surface area contributed by atoms with Crippen molar-refractivity contribution in [1.29, 1.82) is 0 Å². The largest absolute Gasteiger partial charge is 0.348 e. The lowest BCUT2D eigenvalue weighted by Gasteiger charge is -2.18. The lowest BCUT2D eigenvalue weighted by atomic mass is 10.2. The first-order chi connectivity index (χ1) is 10.2. The van der Waals surface area contributed by atoms with Crippen molar-refractivity contribution in [1.82, 2.24) is 15.2 Å². The van der Waals surface area contributed by atoms with E-state index in [9.17, 15) is 9.59 Å². The summed E-state index contributed by atoms with van der Waals surface area (Å²) >= 11 is 0. The van der Waals surface area contributed by atoms with Crippen LogP contribution >= 0.6 is 0 Å². The first-order valence-corrected chi connectivity index (χ1v) is 7.72. The zero-order valence-corrected chi connectivity index (χ0v) is 12.8. The van der Waals surface area contributed by atoms with Gasteiger partial charge in [0.25, 0.3) is 11.8 Å². The van der Waals surface area contributed by atoms with E-state index in [1.165, 1.54) is 12.8 Å². The van der Waals surface area contributed by atoms with Crippen LogP contribution in [0.3, 0.4) is 0 Å². The second kappa shape index (κ2) is 7.20. The van der Waals surface area contributed by atoms with Gasteiger partial charge in [0.05, 0.1) is 0 Å². The fourth-order valence-corrected chi connectivity index (χ4v) is 2.68. The van der Waals surface area contributed by atoms with E-state index in [0.29, 0.717) is 24.5 Å². The predicted molar refractivity (Wildman–Crippen MR) is 81.2 cm³/mol. The standard InChI is InChI=1S/C16H23N3O2/c1-3-19(4-2)16(21)14-11-7-10-13(18-14)15(20)17-12-8-5-6-9-12/h7,10-12H,3-6,8-9H2,1-2H3,(H,17,20). The number of nitrogens with one attached hydrogen (secondary N) is 1. The number of aromatic nitrogens is 1. The molecule has 1 N–H and O–H groups in total. The molecule has 5 nitrogen and oxygen atoms in total. The Labute approximate surface area is 125 Å². The highest BCUT2D eigenvalue weighted by Crippen LogP contribution is 2.18. The highest BCUT2D eigenvalue weighted by atomic mass is 16.2. The van der Waals surface area contributed by atoms with Gasteiger partial charge in [0.1, 0.15) is 11.4 Å². The molecule has 1 saturated carbocycles. The van der Waals surface area contributed by atoms with Crippen LogP contribution in [0.1, 0.15) is 60.5 Å². The highest BCUT2D eigenvalue weighted by Gasteiger charge is 2.20. The molecule has 2 rings (SSSR count). The van der Waals surface area contributed by atoms with Crippen LogP contribution in [0.5, 0.6) is 0 Å². The molecule has 0 aliphatic heterocycles. The number of pyridine rings is 1. The first-order valence-electron chi connectivity index (χ1n) is 7.72. The van der Waals surface area contributed by atoms with E-state index >= 15 is 0 Å². The van der Waals surface area contributed by atoms with E-state index in [4.69, 9.17) is 0 Å². The van der Waals surface area contributed by atoms with Crippen LogP contribution < -0.4 is 5.32 Å². The number of carbonyl (C=O) groups excluding carboxylic acids is 2. The number of amides is 2. The molecule has 0 bridgehead atoms. The minimum atomic E-state index is -0.184. The van der Waals surface area contributed by atoms with Crippen LogP contribution in [0.4, 0.5) is 0 Å². The van der Waals surface area contributed by atoms with Gasteiger partial charge in [-0.15, -0.1) is 0 Å². The molecule has 114 valence electrons. The maximum absolute atomic E-state index is 12.3. The smallest absolute Gasteiger partial charge is 0.272 e. The molecular weight excluding hydrogens is 266 g/mol. The van der Waals surface area contributed by atoms with E-state index in [0.717, 1.165) is 12.8 Å². The Hall–Kier alpha value is -1.91. The van der Waals surface area contributed by atoms with E-state index in [-0.39, 0.29) is 17.9 Å². The van der Waals surface area contributed by atoms with Crippen molar-refractivity contribution in [3.8, 4) is 0 Å². The van der Waals surface area contributed by atoms with Crippen LogP contribution in [-0.4, -0.2) is 40.8 Å². The Morgan fingerprint density at radius 2 is 1.81 bits per heavy atom. The molecule has 1 aromatic rings. The van der Waals surface area contributed by atoms with Gasteiger partial charge in [0, 0.05) is 19.1 Å². The molecule has 0 saturated heterocycles. The first kappa shape index (κ1) is 15.5. The molecule has 1 aromatic heterocycles. The van der Waals surface area contributed by atoms with E-state index in [1.807, 2.05) is 13.8 Å². The van der Waals surface area contributed by atoms with Gasteiger partial charge < -0.3 is 10.2 Å². The summed E-state index contributed by atoms with van der Waals surface area (Å²) in [6.07, 6.45) is 4.39. The summed E-state index contributed by atoms with van der Waals surface area (Å²) in [5.41, 5.74) is 0.651. The van der Waals surface area contributed by atoms with Gasteiger partial charge in [-0.05, 0) is 38.8 Å². The number of hydrogen-bond donors (Lipinski definition) is 1. The SMILES string of the molecule is CCN(CC)C(=O)c1cccc(C(=O)NC2CCCC2)n1. The van der Waals surface area contributed by atoms with Gasteiger partial charge in [-0.1, -0.05) is 18.9 Å². The molecule has 21 heavy (non-hydrogen) atoms. The topological polar surface area (TPSA) is 62.3 Å². The fraction of sp³-hybridized carbons (Fsp3) is 0.562. The van der Waals surface area contributed by atoms with Crippen molar-refractivity contribution in [2.45, 2.75) is 45.6 Å². The zero-order chi connectivity index (χ0) is 15.2. The summed E-state index contributed by atoms with van der Waals surface area (Å²) in [6, 6.07) is 5.28. The molecule has 1 heterocycles. The fourth-order valence-electron chi connectivity index (χ4n) is 2.68. The zero-order valence-electron chi connectivity index (χ0n) is 12.8. The minimum absolute atomic E-state index is 0.129. The van der Waals surface area contributed by atoms with Gasteiger partial charge >= 0.3 is 0 Å². The number of nitrogens with zero attached hydrogens (tertiary/aromatic N) is 2. The summed E-state index contributed by atoms with van der Waals surface area (Å²) < 4.78 is 0. The molecule has 2 amide bonds. The third-order valence-electron chi connectivity index (χ3n) is 3.94. The second-order valence-corrected chi connectivity index (χ2v) is 5.34. The Balaban J connectivity index is 2.09. The third kappa shape index (κ3) is 3.80. The summed E-state index contributed by atoms with van der Waals surface area (Å²) in [5.74, 6) is -0.313. The lowest BCUT2D eigenvalue weighted by molar-refractivity contribution is 0.0767. The quantitative estimate of drug-likeness (QED) is 0.904. The highest BCUT2D eigenvalue weighted by molar-refractivity contribution is 5.96. The predicted octanol–water partition coefficient (Wildman–Crippen LogP) is 2.24. The lowest BCUT2D eigenvalue weighted by Crippen LogP contribution is -2.34. The monoisotopic (exact) mass is 289 g/mol. The summed E-state index contributed by atoms with van der Waals surface area (Å²) in [4.78, 5) is 30.4. The van der Waals surface area contributed by atoms with Crippen LogP contribution in [0.25, 0.3) is 0 Å². The van der Waals surface area contributed by atoms with E-state index in [1.54, 1.807) is 23.1 Å². The van der Waals surface area contributed by atoms with Crippen molar-refractivity contribution >= 4 is 11.8 Å². The average molecular weight is 289 g/mol. The average Bonchev–Trinajstić information content (AvgIpc) is 3.01. The molecule has 1 aliphatic rings. The van der Waals surface area contributed by atoms with Crippen LogP contribution in [0.15, 0.2) is 18.2 Å². The Kier molecular flexibility index (Phi) is 5.31. The Morgan fingerprint density at radius 3 is 2.43 bits per heavy atom. The minimum Gasteiger partial charge on any atom is -0.348 e.